The summed E-state index contributed by atoms with van der Waals surface area (Å²) in [6.45, 7) is 8.75. The Morgan fingerprint density at radius 3 is 2.53 bits per heavy atom. The van der Waals surface area contributed by atoms with E-state index in [1.165, 1.54) is 5.56 Å². The van der Waals surface area contributed by atoms with Crippen LogP contribution in [0, 0.1) is 12.8 Å². The van der Waals surface area contributed by atoms with Gasteiger partial charge in [0.15, 0.2) is 0 Å². The normalized spacial score (nSPS) is 12.5. The fraction of sp³-hybridized carbons (Fsp3) is 0.533. The van der Waals surface area contributed by atoms with Crippen molar-refractivity contribution in [2.24, 2.45) is 5.92 Å². The third-order valence-corrected chi connectivity index (χ3v) is 3.13. The lowest BCUT2D eigenvalue weighted by Gasteiger charge is -2.29. The van der Waals surface area contributed by atoms with Crippen LogP contribution < -0.4 is 10.6 Å². The molecule has 2 N–H and O–H groups in total. The number of carbonyl (C=O) groups excluding carboxylic acids is 1. The molecule has 4 heteroatoms. The van der Waals surface area contributed by atoms with E-state index in [1.54, 1.807) is 0 Å². The van der Waals surface area contributed by atoms with E-state index in [1.807, 2.05) is 33.9 Å². The molecule has 0 aromatic heterocycles. The topological polar surface area (TPSA) is 41.1 Å². The highest BCUT2D eigenvalue weighted by Gasteiger charge is 2.25. The zero-order valence-corrected chi connectivity index (χ0v) is 13.2. The quantitative estimate of drug-likeness (QED) is 0.873. The average Bonchev–Trinajstić information content (AvgIpc) is 2.28. The van der Waals surface area contributed by atoms with Crippen molar-refractivity contribution in [3.8, 4) is 0 Å². The monoisotopic (exact) mass is 284 g/mol. The van der Waals surface area contributed by atoms with Crippen LogP contribution in [0.2, 0.25) is 0 Å². The molecule has 1 unspecified atom stereocenters. The summed E-state index contributed by atoms with van der Waals surface area (Å²) >= 11 is 0. The maximum atomic E-state index is 12.1. The highest BCUT2D eigenvalue weighted by Crippen LogP contribution is 2.21. The van der Waals surface area contributed by atoms with E-state index in [-0.39, 0.29) is 29.8 Å². The first-order valence-electron chi connectivity index (χ1n) is 6.40. The Bertz CT molecular complexity index is 418. The van der Waals surface area contributed by atoms with Crippen molar-refractivity contribution in [3.63, 3.8) is 0 Å². The summed E-state index contributed by atoms with van der Waals surface area (Å²) in [5, 5.41) is 6.13. The zero-order valence-electron chi connectivity index (χ0n) is 12.4. The van der Waals surface area contributed by atoms with Crippen molar-refractivity contribution < 1.29 is 4.79 Å². The lowest BCUT2D eigenvalue weighted by molar-refractivity contribution is -0.126. The fourth-order valence-corrected chi connectivity index (χ4v) is 1.94. The number of rotatable bonds is 5. The van der Waals surface area contributed by atoms with Gasteiger partial charge in [-0.2, -0.15) is 0 Å². The van der Waals surface area contributed by atoms with Gasteiger partial charge in [-0.05, 0) is 33.4 Å². The largest absolute Gasteiger partial charge is 0.347 e. The summed E-state index contributed by atoms with van der Waals surface area (Å²) in [6, 6.07) is 8.25. The van der Waals surface area contributed by atoms with Gasteiger partial charge in [-0.25, -0.2) is 0 Å². The predicted octanol–water partition coefficient (Wildman–Crippen LogP) is 2.62. The van der Waals surface area contributed by atoms with Crippen molar-refractivity contribution in [1.82, 2.24) is 10.6 Å². The molecule has 1 amide bonds. The number of hydrogen-bond acceptors (Lipinski definition) is 2. The molecule has 0 radical (unpaired) electrons. The third-order valence-electron chi connectivity index (χ3n) is 3.13. The van der Waals surface area contributed by atoms with Gasteiger partial charge in [-0.3, -0.25) is 4.79 Å². The van der Waals surface area contributed by atoms with E-state index in [4.69, 9.17) is 0 Å². The number of carbonyl (C=O) groups is 1. The van der Waals surface area contributed by atoms with Crippen molar-refractivity contribution in [1.29, 1.82) is 0 Å². The highest BCUT2D eigenvalue weighted by molar-refractivity contribution is 5.85. The minimum absolute atomic E-state index is 0. The Kier molecular flexibility index (Phi) is 7.09. The molecule has 19 heavy (non-hydrogen) atoms. The maximum absolute atomic E-state index is 12.1. The molecule has 0 bridgehead atoms. The van der Waals surface area contributed by atoms with Crippen molar-refractivity contribution in [2.75, 3.05) is 13.6 Å². The Morgan fingerprint density at radius 1 is 1.37 bits per heavy atom. The second-order valence-electron chi connectivity index (χ2n) is 5.44. The van der Waals surface area contributed by atoms with Gasteiger partial charge in [0, 0.05) is 12.5 Å². The standard InChI is InChI=1S/C15H24N2O.ClH/c1-11-7-6-8-13(9-11)15(3,4)17-14(18)12(2)10-16-5;/h6-9,12,16H,10H2,1-5H3,(H,17,18);1H. The predicted molar refractivity (Wildman–Crippen MR) is 82.7 cm³/mol. The van der Waals surface area contributed by atoms with E-state index in [0.717, 1.165) is 5.56 Å². The molecule has 0 fully saturated rings. The molecular formula is C15H25ClN2O. The molecule has 0 aliphatic carbocycles. The number of hydrogen-bond donors (Lipinski definition) is 2. The van der Waals surface area contributed by atoms with Gasteiger partial charge in [0.25, 0.3) is 0 Å². The van der Waals surface area contributed by atoms with Crippen molar-refractivity contribution in [3.05, 3.63) is 35.4 Å². The number of amides is 1. The third kappa shape index (κ3) is 5.21. The molecule has 1 rings (SSSR count). The van der Waals surface area contributed by atoms with Crippen LogP contribution >= 0.6 is 12.4 Å². The minimum Gasteiger partial charge on any atom is -0.347 e. The van der Waals surface area contributed by atoms with Gasteiger partial charge >= 0.3 is 0 Å². The Labute approximate surface area is 122 Å². The molecule has 1 atom stereocenters. The van der Waals surface area contributed by atoms with Gasteiger partial charge in [-0.15, -0.1) is 12.4 Å². The van der Waals surface area contributed by atoms with Gasteiger partial charge in [0.05, 0.1) is 5.54 Å². The van der Waals surface area contributed by atoms with E-state index >= 15 is 0 Å². The summed E-state index contributed by atoms with van der Waals surface area (Å²) < 4.78 is 0. The fourth-order valence-electron chi connectivity index (χ4n) is 1.94. The first kappa shape index (κ1) is 17.9. The average molecular weight is 285 g/mol. The highest BCUT2D eigenvalue weighted by atomic mass is 35.5. The number of aryl methyl sites for hydroxylation is 1. The van der Waals surface area contributed by atoms with Crippen LogP contribution in [0.5, 0.6) is 0 Å². The van der Waals surface area contributed by atoms with E-state index in [0.29, 0.717) is 6.54 Å². The molecule has 108 valence electrons. The van der Waals surface area contributed by atoms with Crippen molar-refractivity contribution in [2.45, 2.75) is 33.2 Å². The first-order chi connectivity index (χ1) is 8.36. The van der Waals surface area contributed by atoms with Crippen LogP contribution in [0.3, 0.4) is 0 Å². The van der Waals surface area contributed by atoms with Crippen molar-refractivity contribution >= 4 is 18.3 Å². The van der Waals surface area contributed by atoms with Gasteiger partial charge in [0.2, 0.25) is 5.91 Å². The molecule has 3 nitrogen and oxygen atoms in total. The molecule has 0 heterocycles. The zero-order chi connectivity index (χ0) is 13.8. The minimum atomic E-state index is -0.342. The lowest BCUT2D eigenvalue weighted by atomic mass is 9.92. The van der Waals surface area contributed by atoms with Crippen LogP contribution in [0.4, 0.5) is 0 Å². The molecular weight excluding hydrogens is 260 g/mol. The van der Waals surface area contributed by atoms with Crippen LogP contribution in [0.25, 0.3) is 0 Å². The molecule has 0 saturated heterocycles. The van der Waals surface area contributed by atoms with Crippen LogP contribution in [-0.4, -0.2) is 19.5 Å². The molecule has 0 saturated carbocycles. The summed E-state index contributed by atoms with van der Waals surface area (Å²) in [4.78, 5) is 12.1. The number of benzene rings is 1. The van der Waals surface area contributed by atoms with E-state index < -0.39 is 0 Å². The molecule has 1 aromatic rings. The Hall–Kier alpha value is -1.06. The summed E-state index contributed by atoms with van der Waals surface area (Å²) in [5.41, 5.74) is 2.00. The Balaban J connectivity index is 0.00000324. The second-order valence-corrected chi connectivity index (χ2v) is 5.44. The molecule has 0 aliphatic heterocycles. The first-order valence-corrected chi connectivity index (χ1v) is 6.40. The Morgan fingerprint density at radius 2 is 2.00 bits per heavy atom. The number of halogens is 1. The van der Waals surface area contributed by atoms with E-state index in [2.05, 4.69) is 35.8 Å². The smallest absolute Gasteiger partial charge is 0.224 e. The molecule has 0 spiro atoms. The summed E-state index contributed by atoms with van der Waals surface area (Å²) in [7, 11) is 1.86. The molecule has 0 aliphatic rings. The summed E-state index contributed by atoms with van der Waals surface area (Å²) in [5.74, 6) is 0.0509. The SMILES string of the molecule is CNCC(C)C(=O)NC(C)(C)c1cccc(C)c1.Cl. The van der Waals surface area contributed by atoms with Gasteiger partial charge in [0.1, 0.15) is 0 Å². The van der Waals surface area contributed by atoms with Crippen LogP contribution in [0.15, 0.2) is 24.3 Å². The second kappa shape index (κ2) is 7.51. The number of nitrogens with one attached hydrogen (secondary N) is 2. The van der Waals surface area contributed by atoms with E-state index in [9.17, 15) is 4.79 Å². The molecule has 1 aromatic carbocycles. The van der Waals surface area contributed by atoms with Crippen LogP contribution in [0.1, 0.15) is 31.9 Å². The van der Waals surface area contributed by atoms with Gasteiger partial charge in [-0.1, -0.05) is 36.8 Å². The van der Waals surface area contributed by atoms with Gasteiger partial charge < -0.3 is 10.6 Å². The lowest BCUT2D eigenvalue weighted by Crippen LogP contribution is -2.45. The van der Waals surface area contributed by atoms with Crippen LogP contribution in [-0.2, 0) is 10.3 Å². The maximum Gasteiger partial charge on any atom is 0.224 e. The summed E-state index contributed by atoms with van der Waals surface area (Å²) in [6.07, 6.45) is 0.